The predicted molar refractivity (Wildman–Crippen MR) is 80.8 cm³/mol. The van der Waals surface area contributed by atoms with Crippen molar-refractivity contribution in [3.8, 4) is 11.5 Å². The molecular formula is C15H24N2O4. The van der Waals surface area contributed by atoms with Gasteiger partial charge in [0.2, 0.25) is 0 Å². The summed E-state index contributed by atoms with van der Waals surface area (Å²) in [5.41, 5.74) is 1.10. The first kappa shape index (κ1) is 17.3. The van der Waals surface area contributed by atoms with E-state index in [-0.39, 0.29) is 12.5 Å². The molecule has 0 spiro atoms. The van der Waals surface area contributed by atoms with Gasteiger partial charge < -0.3 is 24.8 Å². The molecule has 0 aromatic heterocycles. The first-order valence-electron chi connectivity index (χ1n) is 6.97. The summed E-state index contributed by atoms with van der Waals surface area (Å²) in [5.74, 6) is 0.987. The number of nitrogens with one attached hydrogen (secondary N) is 2. The average Bonchev–Trinajstić information content (AvgIpc) is 2.51. The van der Waals surface area contributed by atoms with E-state index in [2.05, 4.69) is 17.6 Å². The maximum Gasteiger partial charge on any atom is 0.258 e. The summed E-state index contributed by atoms with van der Waals surface area (Å²) < 4.78 is 15.6. The molecule has 0 unspecified atom stereocenters. The molecule has 118 valence electrons. The summed E-state index contributed by atoms with van der Waals surface area (Å²) in [6.45, 7) is 4.63. The summed E-state index contributed by atoms with van der Waals surface area (Å²) in [5, 5.41) is 5.93. The third-order valence-electron chi connectivity index (χ3n) is 2.79. The van der Waals surface area contributed by atoms with Gasteiger partial charge in [0.25, 0.3) is 5.91 Å². The zero-order valence-electron chi connectivity index (χ0n) is 12.9. The van der Waals surface area contributed by atoms with E-state index in [1.807, 2.05) is 18.2 Å². The van der Waals surface area contributed by atoms with Crippen molar-refractivity contribution in [3.63, 3.8) is 0 Å². The lowest BCUT2D eigenvalue weighted by Gasteiger charge is -2.12. The van der Waals surface area contributed by atoms with Crippen LogP contribution in [0.4, 0.5) is 0 Å². The molecule has 0 atom stereocenters. The minimum atomic E-state index is -0.189. The number of methoxy groups -OCH3 is 2. The standard InChI is InChI=1S/C15H24N2O4/c1-4-16-10-12-5-6-13(14(9-12)20-3)21-11-15(18)17-7-8-19-2/h5-6,9,16H,4,7-8,10-11H2,1-3H3,(H,17,18). The summed E-state index contributed by atoms with van der Waals surface area (Å²) in [7, 11) is 3.17. The zero-order valence-corrected chi connectivity index (χ0v) is 12.9. The topological polar surface area (TPSA) is 68.8 Å². The van der Waals surface area contributed by atoms with Crippen molar-refractivity contribution >= 4 is 5.91 Å². The Labute approximate surface area is 125 Å². The molecule has 1 aromatic carbocycles. The van der Waals surface area contributed by atoms with Gasteiger partial charge in [-0.15, -0.1) is 0 Å². The molecule has 21 heavy (non-hydrogen) atoms. The number of rotatable bonds is 10. The highest BCUT2D eigenvalue weighted by Crippen LogP contribution is 2.27. The Bertz CT molecular complexity index is 438. The quantitative estimate of drug-likeness (QED) is 0.629. The Morgan fingerprint density at radius 2 is 2.05 bits per heavy atom. The van der Waals surface area contributed by atoms with Crippen LogP contribution in [0.15, 0.2) is 18.2 Å². The molecule has 6 heteroatoms. The predicted octanol–water partition coefficient (Wildman–Crippen LogP) is 0.946. The highest BCUT2D eigenvalue weighted by atomic mass is 16.5. The molecule has 1 aromatic rings. The van der Waals surface area contributed by atoms with E-state index in [0.29, 0.717) is 24.7 Å². The Morgan fingerprint density at radius 1 is 1.24 bits per heavy atom. The molecule has 0 heterocycles. The SMILES string of the molecule is CCNCc1ccc(OCC(=O)NCCOC)c(OC)c1. The smallest absolute Gasteiger partial charge is 0.258 e. The normalized spacial score (nSPS) is 10.2. The lowest BCUT2D eigenvalue weighted by atomic mass is 10.2. The second kappa shape index (κ2) is 10.0. The van der Waals surface area contributed by atoms with Crippen molar-refractivity contribution in [3.05, 3.63) is 23.8 Å². The van der Waals surface area contributed by atoms with Crippen molar-refractivity contribution in [2.24, 2.45) is 0 Å². The highest BCUT2D eigenvalue weighted by molar-refractivity contribution is 5.77. The van der Waals surface area contributed by atoms with Gasteiger partial charge in [-0.2, -0.15) is 0 Å². The van der Waals surface area contributed by atoms with E-state index in [4.69, 9.17) is 14.2 Å². The van der Waals surface area contributed by atoms with Gasteiger partial charge in [-0.05, 0) is 24.2 Å². The van der Waals surface area contributed by atoms with Gasteiger partial charge in [0.05, 0.1) is 13.7 Å². The maximum absolute atomic E-state index is 11.6. The number of carbonyl (C=O) groups excluding carboxylic acids is 1. The Hall–Kier alpha value is -1.79. The fraction of sp³-hybridized carbons (Fsp3) is 0.533. The number of carbonyl (C=O) groups is 1. The van der Waals surface area contributed by atoms with Crippen LogP contribution in [-0.2, 0) is 16.1 Å². The van der Waals surface area contributed by atoms with Crippen LogP contribution in [-0.4, -0.2) is 46.4 Å². The first-order valence-corrected chi connectivity index (χ1v) is 6.97. The van der Waals surface area contributed by atoms with Crippen LogP contribution >= 0.6 is 0 Å². The molecule has 1 rings (SSSR count). The molecule has 0 bridgehead atoms. The highest BCUT2D eigenvalue weighted by Gasteiger charge is 2.08. The fourth-order valence-electron chi connectivity index (χ4n) is 1.70. The van der Waals surface area contributed by atoms with Crippen LogP contribution in [0.2, 0.25) is 0 Å². The number of amides is 1. The molecule has 0 radical (unpaired) electrons. The summed E-state index contributed by atoms with van der Waals surface area (Å²) in [6.07, 6.45) is 0. The molecule has 2 N–H and O–H groups in total. The van der Waals surface area contributed by atoms with Gasteiger partial charge in [0.1, 0.15) is 0 Å². The zero-order chi connectivity index (χ0) is 15.5. The van der Waals surface area contributed by atoms with Crippen LogP contribution in [0.1, 0.15) is 12.5 Å². The second-order valence-corrected chi connectivity index (χ2v) is 4.40. The lowest BCUT2D eigenvalue weighted by molar-refractivity contribution is -0.123. The maximum atomic E-state index is 11.6. The third-order valence-corrected chi connectivity index (χ3v) is 2.79. The Balaban J connectivity index is 2.52. The van der Waals surface area contributed by atoms with Gasteiger partial charge in [-0.3, -0.25) is 4.79 Å². The molecule has 0 saturated carbocycles. The Kier molecular flexibility index (Phi) is 8.23. The number of hydrogen-bond acceptors (Lipinski definition) is 5. The summed E-state index contributed by atoms with van der Waals surface area (Å²) in [6, 6.07) is 5.66. The number of benzene rings is 1. The summed E-state index contributed by atoms with van der Waals surface area (Å²) in [4.78, 5) is 11.6. The molecule has 0 aliphatic heterocycles. The van der Waals surface area contributed by atoms with E-state index < -0.39 is 0 Å². The van der Waals surface area contributed by atoms with E-state index in [9.17, 15) is 4.79 Å². The molecular weight excluding hydrogens is 272 g/mol. The number of ether oxygens (including phenoxy) is 3. The van der Waals surface area contributed by atoms with Gasteiger partial charge in [-0.1, -0.05) is 13.0 Å². The summed E-state index contributed by atoms with van der Waals surface area (Å²) >= 11 is 0. The minimum absolute atomic E-state index is 0.0490. The van der Waals surface area contributed by atoms with E-state index in [1.165, 1.54) is 0 Å². The molecule has 6 nitrogen and oxygen atoms in total. The third kappa shape index (κ3) is 6.46. The van der Waals surface area contributed by atoms with Gasteiger partial charge in [0, 0.05) is 20.2 Å². The van der Waals surface area contributed by atoms with Crippen LogP contribution < -0.4 is 20.1 Å². The molecule has 0 saturated heterocycles. The van der Waals surface area contributed by atoms with Crippen molar-refractivity contribution < 1.29 is 19.0 Å². The van der Waals surface area contributed by atoms with E-state index in [1.54, 1.807) is 14.2 Å². The largest absolute Gasteiger partial charge is 0.493 e. The monoisotopic (exact) mass is 296 g/mol. The van der Waals surface area contributed by atoms with Crippen LogP contribution in [0.5, 0.6) is 11.5 Å². The van der Waals surface area contributed by atoms with Gasteiger partial charge in [-0.25, -0.2) is 0 Å². The lowest BCUT2D eigenvalue weighted by Crippen LogP contribution is -2.31. The molecule has 0 fully saturated rings. The number of hydrogen-bond donors (Lipinski definition) is 2. The fourth-order valence-corrected chi connectivity index (χ4v) is 1.70. The van der Waals surface area contributed by atoms with Crippen molar-refractivity contribution in [1.82, 2.24) is 10.6 Å². The molecule has 0 aliphatic carbocycles. The van der Waals surface area contributed by atoms with Crippen LogP contribution in [0, 0.1) is 0 Å². The van der Waals surface area contributed by atoms with Gasteiger partial charge in [0.15, 0.2) is 18.1 Å². The van der Waals surface area contributed by atoms with Gasteiger partial charge >= 0.3 is 0 Å². The first-order chi connectivity index (χ1) is 10.2. The van der Waals surface area contributed by atoms with E-state index in [0.717, 1.165) is 18.7 Å². The van der Waals surface area contributed by atoms with Crippen LogP contribution in [0.3, 0.4) is 0 Å². The van der Waals surface area contributed by atoms with E-state index >= 15 is 0 Å². The molecule has 1 amide bonds. The minimum Gasteiger partial charge on any atom is -0.493 e. The van der Waals surface area contributed by atoms with Crippen molar-refractivity contribution in [2.75, 3.05) is 40.5 Å². The van der Waals surface area contributed by atoms with Crippen LogP contribution in [0.25, 0.3) is 0 Å². The second-order valence-electron chi connectivity index (χ2n) is 4.40. The van der Waals surface area contributed by atoms with Crippen molar-refractivity contribution in [2.45, 2.75) is 13.5 Å². The Morgan fingerprint density at radius 3 is 2.71 bits per heavy atom. The average molecular weight is 296 g/mol. The molecule has 0 aliphatic rings. The van der Waals surface area contributed by atoms with Crippen molar-refractivity contribution in [1.29, 1.82) is 0 Å².